The Morgan fingerprint density at radius 3 is 2.31 bits per heavy atom. The topological polar surface area (TPSA) is 114 Å². The Labute approximate surface area is 172 Å². The molecule has 0 aliphatic carbocycles. The number of imide groups is 1. The van der Waals surface area contributed by atoms with Gasteiger partial charge in [-0.1, -0.05) is 23.7 Å². The van der Waals surface area contributed by atoms with Crippen molar-refractivity contribution in [2.24, 2.45) is 0 Å². The van der Waals surface area contributed by atoms with Crippen LogP contribution in [0.15, 0.2) is 48.5 Å². The van der Waals surface area contributed by atoms with Crippen molar-refractivity contribution < 1.29 is 23.9 Å². The van der Waals surface area contributed by atoms with Crippen LogP contribution in [-0.2, 0) is 9.53 Å². The van der Waals surface area contributed by atoms with E-state index in [4.69, 9.17) is 16.3 Å². The van der Waals surface area contributed by atoms with Crippen LogP contribution in [0.25, 0.3) is 0 Å². The van der Waals surface area contributed by atoms with Crippen molar-refractivity contribution in [3.63, 3.8) is 0 Å². The number of hydrogen-bond acceptors (Lipinski definition) is 5. The van der Waals surface area contributed by atoms with E-state index < -0.39 is 30.4 Å². The molecule has 9 heteroatoms. The molecule has 0 atom stereocenters. The number of ether oxygens (including phenoxy) is 1. The van der Waals surface area contributed by atoms with Gasteiger partial charge >= 0.3 is 12.0 Å². The normalized spacial score (nSPS) is 10.2. The van der Waals surface area contributed by atoms with Crippen molar-refractivity contribution in [2.75, 3.05) is 11.9 Å². The SMILES string of the molecule is CC(C)NC(=O)NC(=O)COC(=O)c1ccccc1NC(=O)c1ccc(Cl)cc1. The second-order valence-electron chi connectivity index (χ2n) is 6.26. The van der Waals surface area contributed by atoms with E-state index in [9.17, 15) is 19.2 Å². The number of esters is 1. The Morgan fingerprint density at radius 2 is 1.66 bits per heavy atom. The summed E-state index contributed by atoms with van der Waals surface area (Å²) in [5, 5.41) is 7.63. The van der Waals surface area contributed by atoms with Crippen molar-refractivity contribution >= 4 is 41.1 Å². The molecule has 0 aliphatic heterocycles. The van der Waals surface area contributed by atoms with Gasteiger partial charge in [-0.2, -0.15) is 0 Å². The van der Waals surface area contributed by atoms with Crippen LogP contribution in [-0.4, -0.2) is 36.5 Å². The maximum atomic E-state index is 12.4. The average molecular weight is 418 g/mol. The smallest absolute Gasteiger partial charge is 0.340 e. The molecule has 2 aromatic carbocycles. The molecule has 0 aromatic heterocycles. The van der Waals surface area contributed by atoms with Crippen LogP contribution in [0.1, 0.15) is 34.6 Å². The minimum absolute atomic E-state index is 0.0641. The summed E-state index contributed by atoms with van der Waals surface area (Å²) in [6.07, 6.45) is 0. The second kappa shape index (κ2) is 10.2. The molecule has 2 rings (SSSR count). The quantitative estimate of drug-likeness (QED) is 0.625. The molecule has 0 radical (unpaired) electrons. The van der Waals surface area contributed by atoms with Gasteiger partial charge in [-0.25, -0.2) is 9.59 Å². The van der Waals surface area contributed by atoms with Crippen LogP contribution in [0.5, 0.6) is 0 Å². The van der Waals surface area contributed by atoms with E-state index in [1.54, 1.807) is 50.2 Å². The van der Waals surface area contributed by atoms with Gasteiger partial charge in [0.15, 0.2) is 6.61 Å². The molecule has 0 saturated heterocycles. The van der Waals surface area contributed by atoms with Crippen molar-refractivity contribution in [3.05, 3.63) is 64.7 Å². The molecular weight excluding hydrogens is 398 g/mol. The van der Waals surface area contributed by atoms with Gasteiger partial charge in [0, 0.05) is 16.6 Å². The van der Waals surface area contributed by atoms with E-state index in [-0.39, 0.29) is 17.3 Å². The van der Waals surface area contributed by atoms with Gasteiger partial charge in [-0.3, -0.25) is 14.9 Å². The molecular formula is C20H20ClN3O5. The number of urea groups is 1. The summed E-state index contributed by atoms with van der Waals surface area (Å²) in [5.74, 6) is -2.04. The summed E-state index contributed by atoms with van der Waals surface area (Å²) in [7, 11) is 0. The number of halogens is 1. The lowest BCUT2D eigenvalue weighted by atomic mass is 10.1. The van der Waals surface area contributed by atoms with Crippen molar-refractivity contribution in [1.82, 2.24) is 10.6 Å². The van der Waals surface area contributed by atoms with Crippen LogP contribution in [0.3, 0.4) is 0 Å². The highest BCUT2D eigenvalue weighted by molar-refractivity contribution is 6.30. The fraction of sp³-hybridized carbons (Fsp3) is 0.200. The summed E-state index contributed by atoms with van der Waals surface area (Å²) in [4.78, 5) is 47.9. The standard InChI is InChI=1S/C20H20ClN3O5/c1-12(2)22-20(28)24-17(25)11-29-19(27)15-5-3-4-6-16(15)23-18(26)13-7-9-14(21)10-8-13/h3-10,12H,11H2,1-2H3,(H,23,26)(H2,22,24,25,28). The van der Waals surface area contributed by atoms with E-state index in [0.717, 1.165) is 0 Å². The van der Waals surface area contributed by atoms with Crippen molar-refractivity contribution in [2.45, 2.75) is 19.9 Å². The number of para-hydroxylation sites is 1. The lowest BCUT2D eigenvalue weighted by Gasteiger charge is -2.12. The van der Waals surface area contributed by atoms with Crippen LogP contribution < -0.4 is 16.0 Å². The van der Waals surface area contributed by atoms with E-state index in [1.807, 2.05) is 5.32 Å². The molecule has 0 spiro atoms. The number of nitrogens with one attached hydrogen (secondary N) is 3. The van der Waals surface area contributed by atoms with Crippen molar-refractivity contribution in [1.29, 1.82) is 0 Å². The summed E-state index contributed by atoms with van der Waals surface area (Å²) >= 11 is 5.81. The molecule has 29 heavy (non-hydrogen) atoms. The summed E-state index contributed by atoms with van der Waals surface area (Å²) in [6, 6.07) is 11.6. The number of carbonyl (C=O) groups is 4. The maximum Gasteiger partial charge on any atom is 0.340 e. The molecule has 8 nitrogen and oxygen atoms in total. The first-order valence-electron chi connectivity index (χ1n) is 8.69. The van der Waals surface area contributed by atoms with Gasteiger partial charge in [-0.05, 0) is 50.2 Å². The third-order valence-corrected chi connectivity index (χ3v) is 3.76. The number of carbonyl (C=O) groups excluding carboxylic acids is 4. The summed E-state index contributed by atoms with van der Waals surface area (Å²) < 4.78 is 4.94. The van der Waals surface area contributed by atoms with E-state index in [2.05, 4.69) is 10.6 Å². The zero-order valence-electron chi connectivity index (χ0n) is 15.8. The minimum Gasteiger partial charge on any atom is -0.452 e. The second-order valence-corrected chi connectivity index (χ2v) is 6.70. The molecule has 0 saturated carbocycles. The molecule has 4 amide bonds. The molecule has 0 bridgehead atoms. The molecule has 0 unspecified atom stereocenters. The summed E-state index contributed by atoms with van der Waals surface area (Å²) in [5.41, 5.74) is 0.637. The van der Waals surface area contributed by atoms with Crippen LogP contribution in [0, 0.1) is 0 Å². The number of benzene rings is 2. The first kappa shape index (κ1) is 21.9. The largest absolute Gasteiger partial charge is 0.452 e. The van der Waals surface area contributed by atoms with Crippen LogP contribution in [0.4, 0.5) is 10.5 Å². The third kappa shape index (κ3) is 6.93. The number of rotatable bonds is 6. The lowest BCUT2D eigenvalue weighted by molar-refractivity contribution is -0.123. The Hall–Kier alpha value is -3.39. The average Bonchev–Trinajstić information content (AvgIpc) is 2.66. The van der Waals surface area contributed by atoms with Crippen LogP contribution >= 0.6 is 11.6 Å². The number of hydrogen-bond donors (Lipinski definition) is 3. The van der Waals surface area contributed by atoms with E-state index in [1.165, 1.54) is 12.1 Å². The fourth-order valence-electron chi connectivity index (χ4n) is 2.24. The molecule has 0 aliphatic rings. The highest BCUT2D eigenvalue weighted by Crippen LogP contribution is 2.18. The molecule has 0 heterocycles. The highest BCUT2D eigenvalue weighted by atomic mass is 35.5. The van der Waals surface area contributed by atoms with Gasteiger partial charge in [0.1, 0.15) is 0 Å². The van der Waals surface area contributed by atoms with E-state index >= 15 is 0 Å². The lowest BCUT2D eigenvalue weighted by Crippen LogP contribution is -2.44. The predicted octanol–water partition coefficient (Wildman–Crippen LogP) is 2.98. The maximum absolute atomic E-state index is 12.4. The van der Waals surface area contributed by atoms with Gasteiger partial charge < -0.3 is 15.4 Å². The van der Waals surface area contributed by atoms with Gasteiger partial charge in [-0.15, -0.1) is 0 Å². The monoisotopic (exact) mass is 417 g/mol. The van der Waals surface area contributed by atoms with E-state index in [0.29, 0.717) is 10.6 Å². The molecule has 3 N–H and O–H groups in total. The number of anilines is 1. The number of amides is 4. The first-order chi connectivity index (χ1) is 13.8. The zero-order chi connectivity index (χ0) is 21.4. The summed E-state index contributed by atoms with van der Waals surface area (Å²) in [6.45, 7) is 2.82. The Kier molecular flexibility index (Phi) is 7.73. The minimum atomic E-state index is -0.823. The third-order valence-electron chi connectivity index (χ3n) is 3.51. The highest BCUT2D eigenvalue weighted by Gasteiger charge is 2.17. The molecule has 152 valence electrons. The zero-order valence-corrected chi connectivity index (χ0v) is 16.6. The Morgan fingerprint density at radius 1 is 1.00 bits per heavy atom. The Balaban J connectivity index is 1.99. The molecule has 0 fully saturated rings. The van der Waals surface area contributed by atoms with Crippen LogP contribution in [0.2, 0.25) is 5.02 Å². The van der Waals surface area contributed by atoms with Gasteiger partial charge in [0.05, 0.1) is 11.3 Å². The Bertz CT molecular complexity index is 913. The first-order valence-corrected chi connectivity index (χ1v) is 9.07. The fourth-order valence-corrected chi connectivity index (χ4v) is 2.36. The predicted molar refractivity (Wildman–Crippen MR) is 108 cm³/mol. The van der Waals surface area contributed by atoms with Gasteiger partial charge in [0.25, 0.3) is 11.8 Å². The van der Waals surface area contributed by atoms with Crippen molar-refractivity contribution in [3.8, 4) is 0 Å². The molecule has 2 aromatic rings. The van der Waals surface area contributed by atoms with Gasteiger partial charge in [0.2, 0.25) is 0 Å².